The highest BCUT2D eigenvalue weighted by Crippen LogP contribution is 2.40. The van der Waals surface area contributed by atoms with Crippen LogP contribution >= 0.6 is 0 Å². The number of benzene rings is 2. The van der Waals surface area contributed by atoms with Gasteiger partial charge in [0.05, 0.1) is 19.0 Å². The lowest BCUT2D eigenvalue weighted by Gasteiger charge is -2.41. The number of hydrogen-bond donors (Lipinski definition) is 3. The van der Waals surface area contributed by atoms with E-state index in [-0.39, 0.29) is 24.1 Å². The maximum absolute atomic E-state index is 13.9. The Kier molecular flexibility index (Phi) is 9.29. The largest absolute Gasteiger partial charge is 0.497 e. The molecule has 3 aromatic rings. The number of aliphatic carboxylic acids is 1. The number of aromatic nitrogens is 1. The molecule has 2 heterocycles. The second-order valence-electron chi connectivity index (χ2n) is 10.3. The summed E-state index contributed by atoms with van der Waals surface area (Å²) in [5.74, 6) is -2.96. The first kappa shape index (κ1) is 28.6. The predicted molar refractivity (Wildman–Crippen MR) is 144 cm³/mol. The molecule has 0 atom stereocenters. The van der Waals surface area contributed by atoms with Gasteiger partial charge in [-0.15, -0.1) is 0 Å². The molecule has 0 spiro atoms. The number of hydrogen-bond acceptors (Lipinski definition) is 6. The van der Waals surface area contributed by atoms with E-state index in [2.05, 4.69) is 15.2 Å². The van der Waals surface area contributed by atoms with Crippen LogP contribution in [0, 0.1) is 22.9 Å². The van der Waals surface area contributed by atoms with Crippen LogP contribution in [0.25, 0.3) is 10.9 Å². The summed E-state index contributed by atoms with van der Waals surface area (Å²) in [6.07, 6.45) is 5.66. The highest BCUT2D eigenvalue weighted by molar-refractivity contribution is 5.84. The second kappa shape index (κ2) is 12.7. The molecule has 1 fully saturated rings. The minimum atomic E-state index is -0.968. The molecule has 0 aliphatic carbocycles. The van der Waals surface area contributed by atoms with Gasteiger partial charge in [-0.05, 0) is 79.9 Å². The standard InChI is InChI=1S/C29H35F3N4O3/c1-39-21-4-5-26-23(15-21)22(19(17-33)18-35-26)3-2-6-29(16-27(37)38)7-10-36(11-8-29)12-9-34-28-24(31)13-20(30)14-25(28)32/h4-5,13-15,18,34H,2-3,6-12,16-17,33H2,1H3,(H,37,38). The second-order valence-corrected chi connectivity index (χ2v) is 10.3. The molecule has 4 rings (SSSR count). The summed E-state index contributed by atoms with van der Waals surface area (Å²) in [5.41, 5.74) is 8.31. The zero-order chi connectivity index (χ0) is 28.0. The van der Waals surface area contributed by atoms with Crippen molar-refractivity contribution in [2.75, 3.05) is 38.6 Å². The zero-order valence-electron chi connectivity index (χ0n) is 22.1. The Balaban J connectivity index is 1.37. The third-order valence-corrected chi connectivity index (χ3v) is 7.81. The SMILES string of the molecule is COc1ccc2ncc(CN)c(CCCC3(CC(=O)O)CCN(CCNc4c(F)cc(F)cc4F)CC3)c2c1. The van der Waals surface area contributed by atoms with Gasteiger partial charge in [0.2, 0.25) is 0 Å². The lowest BCUT2D eigenvalue weighted by Crippen LogP contribution is -2.43. The average molecular weight is 545 g/mol. The number of piperidine rings is 1. The number of likely N-dealkylation sites (tertiary alicyclic amines) is 1. The Hall–Kier alpha value is -3.37. The summed E-state index contributed by atoms with van der Waals surface area (Å²) < 4.78 is 46.3. The lowest BCUT2D eigenvalue weighted by atomic mass is 9.72. The molecule has 1 aromatic heterocycles. The minimum absolute atomic E-state index is 0.0970. The monoisotopic (exact) mass is 544 g/mol. The van der Waals surface area contributed by atoms with Crippen molar-refractivity contribution in [3.63, 3.8) is 0 Å². The summed E-state index contributed by atoms with van der Waals surface area (Å²) in [6, 6.07) is 7.06. The number of fused-ring (bicyclic) bond motifs is 1. The van der Waals surface area contributed by atoms with Crippen LogP contribution in [0.15, 0.2) is 36.5 Å². The number of methoxy groups -OCH3 is 1. The number of nitrogens with zero attached hydrogens (tertiary/aromatic N) is 2. The Labute approximate surface area is 226 Å². The highest BCUT2D eigenvalue weighted by Gasteiger charge is 2.36. The van der Waals surface area contributed by atoms with Gasteiger partial charge in [0.25, 0.3) is 0 Å². The topological polar surface area (TPSA) is 101 Å². The Bertz CT molecular complexity index is 1280. The number of aryl methyl sites for hydroxylation is 1. The van der Waals surface area contributed by atoms with Crippen molar-refractivity contribution in [1.82, 2.24) is 9.88 Å². The number of nitrogens with two attached hydrogens (primary N) is 1. The fourth-order valence-corrected chi connectivity index (χ4v) is 5.64. The number of rotatable bonds is 12. The van der Waals surface area contributed by atoms with Gasteiger partial charge in [-0.25, -0.2) is 13.2 Å². The zero-order valence-corrected chi connectivity index (χ0v) is 22.1. The van der Waals surface area contributed by atoms with E-state index in [0.717, 1.165) is 47.0 Å². The minimum Gasteiger partial charge on any atom is -0.497 e. The van der Waals surface area contributed by atoms with Crippen molar-refractivity contribution in [3.8, 4) is 5.75 Å². The predicted octanol–water partition coefficient (Wildman–Crippen LogP) is 5.11. The van der Waals surface area contributed by atoms with E-state index in [4.69, 9.17) is 10.5 Å². The van der Waals surface area contributed by atoms with E-state index in [9.17, 15) is 23.1 Å². The van der Waals surface area contributed by atoms with Crippen LogP contribution < -0.4 is 15.8 Å². The van der Waals surface area contributed by atoms with Crippen molar-refractivity contribution in [2.45, 2.75) is 45.1 Å². The van der Waals surface area contributed by atoms with E-state index in [1.165, 1.54) is 0 Å². The molecule has 1 aliphatic rings. The molecule has 0 radical (unpaired) electrons. The van der Waals surface area contributed by atoms with Crippen molar-refractivity contribution in [3.05, 3.63) is 65.1 Å². The molecule has 10 heteroatoms. The molecule has 1 aliphatic heterocycles. The number of carbonyl (C=O) groups is 1. The Morgan fingerprint density at radius 3 is 2.54 bits per heavy atom. The van der Waals surface area contributed by atoms with Crippen LogP contribution in [0.5, 0.6) is 5.75 Å². The van der Waals surface area contributed by atoms with Gasteiger partial charge >= 0.3 is 5.97 Å². The van der Waals surface area contributed by atoms with E-state index in [1.807, 2.05) is 24.4 Å². The Morgan fingerprint density at radius 1 is 1.18 bits per heavy atom. The lowest BCUT2D eigenvalue weighted by molar-refractivity contribution is -0.140. The van der Waals surface area contributed by atoms with Gasteiger partial charge in [0.1, 0.15) is 17.3 Å². The third kappa shape index (κ3) is 6.99. The number of pyridine rings is 1. The van der Waals surface area contributed by atoms with Gasteiger partial charge in [-0.3, -0.25) is 9.78 Å². The molecule has 0 saturated carbocycles. The van der Waals surface area contributed by atoms with Gasteiger partial charge in [0.15, 0.2) is 11.6 Å². The maximum Gasteiger partial charge on any atom is 0.303 e. The number of halogens is 3. The molecule has 39 heavy (non-hydrogen) atoms. The summed E-state index contributed by atoms with van der Waals surface area (Å²) in [4.78, 5) is 18.5. The molecular formula is C29H35F3N4O3. The normalized spacial score (nSPS) is 15.4. The number of anilines is 1. The molecule has 0 bridgehead atoms. The molecule has 7 nitrogen and oxygen atoms in total. The van der Waals surface area contributed by atoms with Gasteiger partial charge in [-0.2, -0.15) is 0 Å². The summed E-state index contributed by atoms with van der Waals surface area (Å²) in [7, 11) is 1.62. The summed E-state index contributed by atoms with van der Waals surface area (Å²) in [5, 5.41) is 13.4. The highest BCUT2D eigenvalue weighted by atomic mass is 19.1. The first-order valence-corrected chi connectivity index (χ1v) is 13.2. The number of carboxylic acids is 1. The van der Waals surface area contributed by atoms with E-state index < -0.39 is 23.4 Å². The van der Waals surface area contributed by atoms with E-state index >= 15 is 0 Å². The van der Waals surface area contributed by atoms with Crippen LogP contribution in [-0.4, -0.2) is 54.2 Å². The van der Waals surface area contributed by atoms with Crippen molar-refractivity contribution in [1.29, 1.82) is 0 Å². The van der Waals surface area contributed by atoms with E-state index in [1.54, 1.807) is 7.11 Å². The van der Waals surface area contributed by atoms with Gasteiger partial charge < -0.3 is 25.8 Å². The van der Waals surface area contributed by atoms with Crippen LogP contribution in [-0.2, 0) is 17.8 Å². The fraction of sp³-hybridized carbons (Fsp3) is 0.448. The van der Waals surface area contributed by atoms with Crippen LogP contribution in [0.4, 0.5) is 18.9 Å². The first-order chi connectivity index (χ1) is 18.7. The molecule has 4 N–H and O–H groups in total. The number of carboxylic acid groups (broad SMARTS) is 1. The quantitative estimate of drug-likeness (QED) is 0.291. The fourth-order valence-electron chi connectivity index (χ4n) is 5.64. The van der Waals surface area contributed by atoms with Crippen LogP contribution in [0.3, 0.4) is 0 Å². The van der Waals surface area contributed by atoms with Crippen molar-refractivity contribution in [2.24, 2.45) is 11.1 Å². The molecule has 0 amide bonds. The van der Waals surface area contributed by atoms with Crippen LogP contribution in [0.1, 0.15) is 43.2 Å². The molecule has 0 unspecified atom stereocenters. The summed E-state index contributed by atoms with van der Waals surface area (Å²) >= 11 is 0. The maximum atomic E-state index is 13.9. The molecule has 210 valence electrons. The summed E-state index contributed by atoms with van der Waals surface area (Å²) in [6.45, 7) is 2.56. The molecule has 1 saturated heterocycles. The third-order valence-electron chi connectivity index (χ3n) is 7.81. The van der Waals surface area contributed by atoms with Gasteiger partial charge in [0, 0.05) is 43.4 Å². The van der Waals surface area contributed by atoms with Crippen molar-refractivity contribution < 1.29 is 27.8 Å². The molecular weight excluding hydrogens is 509 g/mol. The van der Waals surface area contributed by atoms with Crippen molar-refractivity contribution >= 4 is 22.6 Å². The van der Waals surface area contributed by atoms with Crippen LogP contribution in [0.2, 0.25) is 0 Å². The average Bonchev–Trinajstić information content (AvgIpc) is 2.90. The first-order valence-electron chi connectivity index (χ1n) is 13.2. The molecule has 2 aromatic carbocycles. The Morgan fingerprint density at radius 2 is 1.90 bits per heavy atom. The number of ether oxygens (including phenoxy) is 1. The smallest absolute Gasteiger partial charge is 0.303 e. The number of nitrogens with one attached hydrogen (secondary N) is 1. The van der Waals surface area contributed by atoms with E-state index in [0.29, 0.717) is 51.2 Å². The van der Waals surface area contributed by atoms with Gasteiger partial charge in [-0.1, -0.05) is 0 Å².